The highest BCUT2D eigenvalue weighted by atomic mass is 19.4. The SMILES string of the molecule is Cc1cc(/C=N\Nc2ccc(C(F)(F)F)cn2)c(C)n1-c1ccc(OCc2ccccc2)cc1. The van der Waals surface area contributed by atoms with E-state index in [-0.39, 0.29) is 5.82 Å². The molecule has 8 heteroatoms. The molecule has 0 unspecified atom stereocenters. The normalized spacial score (nSPS) is 11.7. The Bertz CT molecular complexity index is 1260. The van der Waals surface area contributed by atoms with Crippen LogP contribution in [-0.2, 0) is 12.8 Å². The first-order chi connectivity index (χ1) is 16.3. The van der Waals surface area contributed by atoms with E-state index in [1.807, 2.05) is 74.5 Å². The third-order valence-electron chi connectivity index (χ3n) is 5.29. The quantitative estimate of drug-likeness (QED) is 0.250. The fourth-order valence-corrected chi connectivity index (χ4v) is 3.54. The minimum absolute atomic E-state index is 0.226. The smallest absolute Gasteiger partial charge is 0.417 e. The van der Waals surface area contributed by atoms with Crippen molar-refractivity contribution in [3.8, 4) is 11.4 Å². The average molecular weight is 464 g/mol. The van der Waals surface area contributed by atoms with E-state index < -0.39 is 11.7 Å². The van der Waals surface area contributed by atoms with Gasteiger partial charge in [0, 0.05) is 28.8 Å². The van der Waals surface area contributed by atoms with Gasteiger partial charge in [-0.3, -0.25) is 5.43 Å². The third kappa shape index (κ3) is 5.46. The Morgan fingerprint density at radius 2 is 1.74 bits per heavy atom. The molecule has 4 rings (SSSR count). The van der Waals surface area contributed by atoms with Gasteiger partial charge >= 0.3 is 6.18 Å². The predicted molar refractivity (Wildman–Crippen MR) is 126 cm³/mol. The highest BCUT2D eigenvalue weighted by Crippen LogP contribution is 2.29. The van der Waals surface area contributed by atoms with Crippen molar-refractivity contribution >= 4 is 12.0 Å². The fourth-order valence-electron chi connectivity index (χ4n) is 3.54. The van der Waals surface area contributed by atoms with Crippen LogP contribution in [0.4, 0.5) is 19.0 Å². The number of hydrazone groups is 1. The number of hydrogen-bond donors (Lipinski definition) is 1. The lowest BCUT2D eigenvalue weighted by Crippen LogP contribution is -2.05. The molecule has 1 N–H and O–H groups in total. The van der Waals surface area contributed by atoms with Crippen LogP contribution >= 0.6 is 0 Å². The van der Waals surface area contributed by atoms with Gasteiger partial charge in [-0.15, -0.1) is 0 Å². The summed E-state index contributed by atoms with van der Waals surface area (Å²) >= 11 is 0. The second-order valence-electron chi connectivity index (χ2n) is 7.73. The summed E-state index contributed by atoms with van der Waals surface area (Å²) in [6.07, 6.45) is -2.02. The molecule has 0 saturated heterocycles. The Hall–Kier alpha value is -4.07. The molecule has 0 saturated carbocycles. The van der Waals surface area contributed by atoms with Crippen molar-refractivity contribution in [2.24, 2.45) is 5.10 Å². The first-order valence-electron chi connectivity index (χ1n) is 10.6. The molecule has 0 atom stereocenters. The molecule has 2 heterocycles. The molecule has 0 bridgehead atoms. The summed E-state index contributed by atoms with van der Waals surface area (Å²) in [7, 11) is 0. The summed E-state index contributed by atoms with van der Waals surface area (Å²) in [5, 5.41) is 4.13. The third-order valence-corrected chi connectivity index (χ3v) is 5.29. The van der Waals surface area contributed by atoms with Crippen molar-refractivity contribution in [1.82, 2.24) is 9.55 Å². The van der Waals surface area contributed by atoms with E-state index in [4.69, 9.17) is 4.74 Å². The lowest BCUT2D eigenvalue weighted by Gasteiger charge is -2.11. The number of halogens is 3. The molecule has 0 aliphatic carbocycles. The lowest BCUT2D eigenvalue weighted by atomic mass is 10.2. The van der Waals surface area contributed by atoms with Crippen LogP contribution in [0.3, 0.4) is 0 Å². The van der Waals surface area contributed by atoms with Crippen LogP contribution in [-0.4, -0.2) is 15.8 Å². The first-order valence-corrected chi connectivity index (χ1v) is 10.6. The largest absolute Gasteiger partial charge is 0.489 e. The molecule has 0 spiro atoms. The second kappa shape index (κ2) is 9.82. The Labute approximate surface area is 195 Å². The first kappa shape index (κ1) is 23.1. The van der Waals surface area contributed by atoms with Crippen molar-refractivity contribution in [1.29, 1.82) is 0 Å². The number of aromatic nitrogens is 2. The van der Waals surface area contributed by atoms with E-state index in [1.54, 1.807) is 6.21 Å². The average Bonchev–Trinajstić information content (AvgIpc) is 3.11. The number of benzene rings is 2. The number of aryl methyl sites for hydroxylation is 1. The van der Waals surface area contributed by atoms with Gasteiger partial charge in [-0.25, -0.2) is 4.98 Å². The molecule has 2 aromatic heterocycles. The maximum atomic E-state index is 12.6. The van der Waals surface area contributed by atoms with Crippen LogP contribution in [0.2, 0.25) is 0 Å². The van der Waals surface area contributed by atoms with Crippen LogP contribution in [0.25, 0.3) is 5.69 Å². The summed E-state index contributed by atoms with van der Waals surface area (Å²) in [5.74, 6) is 1.01. The molecule has 34 heavy (non-hydrogen) atoms. The fraction of sp³-hybridized carbons (Fsp3) is 0.154. The molecule has 2 aromatic carbocycles. The second-order valence-corrected chi connectivity index (χ2v) is 7.73. The lowest BCUT2D eigenvalue weighted by molar-refractivity contribution is -0.137. The zero-order valence-corrected chi connectivity index (χ0v) is 18.7. The van der Waals surface area contributed by atoms with Gasteiger partial charge in [0.15, 0.2) is 0 Å². The van der Waals surface area contributed by atoms with E-state index in [1.165, 1.54) is 6.07 Å². The van der Waals surface area contributed by atoms with Crippen LogP contribution in [0.15, 0.2) is 84.1 Å². The van der Waals surface area contributed by atoms with Crippen LogP contribution < -0.4 is 10.2 Å². The summed E-state index contributed by atoms with van der Waals surface area (Å²) in [5.41, 5.74) is 6.82. The number of ether oxygens (including phenoxy) is 1. The predicted octanol–water partition coefficient (Wildman–Crippen LogP) is 6.53. The monoisotopic (exact) mass is 464 g/mol. The van der Waals surface area contributed by atoms with Gasteiger partial charge in [0.25, 0.3) is 0 Å². The van der Waals surface area contributed by atoms with Crippen molar-refractivity contribution in [2.75, 3.05) is 5.43 Å². The molecule has 0 aliphatic heterocycles. The number of rotatable bonds is 7. The molecular weight excluding hydrogens is 441 g/mol. The number of alkyl halides is 3. The van der Waals surface area contributed by atoms with Crippen LogP contribution in [0.5, 0.6) is 5.75 Å². The maximum Gasteiger partial charge on any atom is 0.417 e. The molecule has 0 amide bonds. The number of hydrogen-bond acceptors (Lipinski definition) is 4. The van der Waals surface area contributed by atoms with E-state index in [9.17, 15) is 13.2 Å². The highest BCUT2D eigenvalue weighted by Gasteiger charge is 2.30. The molecule has 0 radical (unpaired) electrons. The maximum absolute atomic E-state index is 12.6. The van der Waals surface area contributed by atoms with E-state index >= 15 is 0 Å². The molecular formula is C26H23F3N4O. The Morgan fingerprint density at radius 1 is 1.00 bits per heavy atom. The van der Waals surface area contributed by atoms with Gasteiger partial charge in [-0.1, -0.05) is 30.3 Å². The topological polar surface area (TPSA) is 51.4 Å². The number of pyridine rings is 1. The molecule has 0 aliphatic rings. The van der Waals surface area contributed by atoms with Crippen molar-refractivity contribution in [3.63, 3.8) is 0 Å². The minimum atomic E-state index is -4.42. The Balaban J connectivity index is 1.42. The standard InChI is InChI=1S/C26H23F3N4O/c1-18-14-21(15-31-32-25-13-8-22(16-30-25)26(27,28)29)19(2)33(18)23-9-11-24(12-10-23)34-17-20-6-4-3-5-7-20/h3-16H,17H2,1-2H3,(H,30,32)/b31-15-. The van der Waals surface area contributed by atoms with Gasteiger partial charge in [0.2, 0.25) is 0 Å². The van der Waals surface area contributed by atoms with Crippen molar-refractivity contribution in [2.45, 2.75) is 26.6 Å². The van der Waals surface area contributed by atoms with Gasteiger partial charge in [-0.2, -0.15) is 18.3 Å². The van der Waals surface area contributed by atoms with Crippen molar-refractivity contribution in [3.05, 3.63) is 107 Å². The van der Waals surface area contributed by atoms with Gasteiger partial charge in [0.1, 0.15) is 18.2 Å². The van der Waals surface area contributed by atoms with Gasteiger partial charge < -0.3 is 9.30 Å². The van der Waals surface area contributed by atoms with E-state index in [0.29, 0.717) is 6.61 Å². The Kier molecular flexibility index (Phi) is 6.67. The molecule has 4 aromatic rings. The van der Waals surface area contributed by atoms with Crippen molar-refractivity contribution < 1.29 is 17.9 Å². The zero-order chi connectivity index (χ0) is 24.1. The van der Waals surface area contributed by atoms with Crippen LogP contribution in [0, 0.1) is 13.8 Å². The minimum Gasteiger partial charge on any atom is -0.489 e. The summed E-state index contributed by atoms with van der Waals surface area (Å²) in [4.78, 5) is 3.75. The summed E-state index contributed by atoms with van der Waals surface area (Å²) in [6, 6.07) is 22.0. The van der Waals surface area contributed by atoms with E-state index in [2.05, 4.69) is 20.1 Å². The zero-order valence-electron chi connectivity index (χ0n) is 18.7. The summed E-state index contributed by atoms with van der Waals surface area (Å²) in [6.45, 7) is 4.47. The summed E-state index contributed by atoms with van der Waals surface area (Å²) < 4.78 is 45.9. The highest BCUT2D eigenvalue weighted by molar-refractivity contribution is 5.82. The number of anilines is 1. The number of nitrogens with one attached hydrogen (secondary N) is 1. The van der Waals surface area contributed by atoms with E-state index in [0.717, 1.165) is 46.2 Å². The Morgan fingerprint density at radius 3 is 2.38 bits per heavy atom. The molecule has 174 valence electrons. The number of nitrogens with zero attached hydrogens (tertiary/aromatic N) is 3. The molecule has 5 nitrogen and oxygen atoms in total. The molecule has 0 fully saturated rings. The van der Waals surface area contributed by atoms with Gasteiger partial charge in [-0.05, 0) is 61.9 Å². The van der Waals surface area contributed by atoms with Gasteiger partial charge in [0.05, 0.1) is 11.8 Å². The van der Waals surface area contributed by atoms with Crippen LogP contribution in [0.1, 0.15) is 28.1 Å².